The van der Waals surface area contributed by atoms with Crippen LogP contribution in [0.2, 0.25) is 0 Å². The minimum absolute atomic E-state index is 0.0919. The third-order valence-electron chi connectivity index (χ3n) is 2.84. The monoisotopic (exact) mass is 304 g/mol. The van der Waals surface area contributed by atoms with Crippen molar-refractivity contribution in [3.8, 4) is 5.75 Å². The second kappa shape index (κ2) is 7.01. The number of anilines is 1. The molecule has 1 unspecified atom stereocenters. The van der Waals surface area contributed by atoms with Gasteiger partial charge in [0.15, 0.2) is 5.78 Å². The fourth-order valence-corrected chi connectivity index (χ4v) is 2.18. The van der Waals surface area contributed by atoms with E-state index in [0.29, 0.717) is 22.6 Å². The minimum atomic E-state index is -2.43. The molecule has 0 aliphatic carbocycles. The quantitative estimate of drug-likeness (QED) is 0.657. The van der Waals surface area contributed by atoms with Crippen LogP contribution in [0.25, 0.3) is 0 Å². The van der Waals surface area contributed by atoms with E-state index in [1.54, 1.807) is 30.3 Å². The molecule has 0 saturated heterocycles. The van der Waals surface area contributed by atoms with Gasteiger partial charge in [0.05, 0.1) is 5.69 Å². The van der Waals surface area contributed by atoms with Crippen LogP contribution >= 0.6 is 0 Å². The highest BCUT2D eigenvalue weighted by molar-refractivity contribution is 7.80. The number of hydrogen-bond acceptors (Lipinski definition) is 4. The molecule has 0 amide bonds. The Hall–Kier alpha value is -2.18. The Morgan fingerprint density at radius 3 is 2.57 bits per heavy atom. The van der Waals surface area contributed by atoms with Crippen molar-refractivity contribution in [2.75, 3.05) is 4.72 Å². The Bertz CT molecular complexity index is 658. The predicted octanol–water partition coefficient (Wildman–Crippen LogP) is 2.67. The summed E-state index contributed by atoms with van der Waals surface area (Å²) in [5, 5.41) is 0. The van der Waals surface area contributed by atoms with Gasteiger partial charge in [-0.2, -0.15) is 0 Å². The summed E-state index contributed by atoms with van der Waals surface area (Å²) in [6.45, 7) is 1.61. The second-order valence-electron chi connectivity index (χ2n) is 4.37. The van der Waals surface area contributed by atoms with Crippen molar-refractivity contribution < 1.29 is 18.3 Å². The Balaban J connectivity index is 2.23. The van der Waals surface area contributed by atoms with Crippen molar-refractivity contribution in [2.24, 2.45) is 0 Å². The smallest absolute Gasteiger partial charge is 0.159 e. The Morgan fingerprint density at radius 1 is 1.24 bits per heavy atom. The normalized spacial score (nSPS) is 11.7. The Kier molecular flexibility index (Phi) is 5.08. The zero-order chi connectivity index (χ0) is 15.2. The molecule has 0 aliphatic heterocycles. The lowest BCUT2D eigenvalue weighted by Crippen LogP contribution is -2.08. The number of hydrogen-bond donors (Lipinski definition) is 1. The number of carbonyl (C=O) groups is 1. The number of rotatable bonds is 6. The lowest BCUT2D eigenvalue weighted by atomic mass is 10.1. The lowest BCUT2D eigenvalue weighted by Gasteiger charge is -2.15. The van der Waals surface area contributed by atoms with Crippen molar-refractivity contribution in [3.05, 3.63) is 59.7 Å². The van der Waals surface area contributed by atoms with E-state index < -0.39 is 11.3 Å². The van der Waals surface area contributed by atoms with Crippen LogP contribution in [-0.4, -0.2) is 14.5 Å². The van der Waals surface area contributed by atoms with Crippen LogP contribution in [0.4, 0.5) is 5.69 Å². The van der Waals surface area contributed by atoms with E-state index in [-0.39, 0.29) is 12.4 Å². The largest absolute Gasteiger partial charge is 0.755 e. The van der Waals surface area contributed by atoms with Gasteiger partial charge in [-0.25, -0.2) is 0 Å². The molecule has 0 saturated carbocycles. The van der Waals surface area contributed by atoms with Crippen LogP contribution in [-0.2, 0) is 17.9 Å². The van der Waals surface area contributed by atoms with Crippen LogP contribution in [0.3, 0.4) is 0 Å². The summed E-state index contributed by atoms with van der Waals surface area (Å²) in [7, 11) is 0. The van der Waals surface area contributed by atoms with E-state index in [1.807, 2.05) is 18.2 Å². The van der Waals surface area contributed by atoms with Gasteiger partial charge in [0.1, 0.15) is 12.4 Å². The molecule has 21 heavy (non-hydrogen) atoms. The number of benzene rings is 2. The molecule has 110 valence electrons. The average molecular weight is 304 g/mol. The standard InChI is InChI=1S/C15H15NO4S/c1-11(17)12-7-8-15(16-21(18)19)13(9-12)10-20-14-5-3-2-4-6-14/h2-9,16H,10H2,1H3,(H,18,19)/p-1. The Labute approximate surface area is 125 Å². The molecule has 0 bridgehead atoms. The zero-order valence-corrected chi connectivity index (χ0v) is 12.2. The molecule has 1 N–H and O–H groups in total. The molecule has 5 nitrogen and oxygen atoms in total. The van der Waals surface area contributed by atoms with Gasteiger partial charge in [-0.15, -0.1) is 0 Å². The van der Waals surface area contributed by atoms with Gasteiger partial charge in [0, 0.05) is 22.4 Å². The average Bonchev–Trinajstić information content (AvgIpc) is 2.46. The van der Waals surface area contributed by atoms with Crippen LogP contribution in [0.15, 0.2) is 48.5 Å². The first-order valence-corrected chi connectivity index (χ1v) is 7.31. The second-order valence-corrected chi connectivity index (χ2v) is 5.04. The predicted molar refractivity (Wildman–Crippen MR) is 79.8 cm³/mol. The summed E-state index contributed by atoms with van der Waals surface area (Å²) in [4.78, 5) is 11.4. The number of Topliss-reactive ketones (excluding diaryl/α,β-unsaturated/α-hetero) is 1. The first kappa shape index (κ1) is 15.2. The lowest BCUT2D eigenvalue weighted by molar-refractivity contribution is 0.101. The summed E-state index contributed by atoms with van der Waals surface area (Å²) < 4.78 is 29.5. The molecule has 6 heteroatoms. The Morgan fingerprint density at radius 2 is 1.95 bits per heavy atom. The minimum Gasteiger partial charge on any atom is -0.755 e. The molecule has 1 atom stereocenters. The summed E-state index contributed by atoms with van der Waals surface area (Å²) >= 11 is -2.43. The number of ketones is 1. The van der Waals surface area contributed by atoms with Gasteiger partial charge in [0.25, 0.3) is 0 Å². The molecule has 0 aliphatic rings. The fraction of sp³-hybridized carbons (Fsp3) is 0.133. The van der Waals surface area contributed by atoms with Gasteiger partial charge in [-0.05, 0) is 37.3 Å². The SMILES string of the molecule is CC(=O)c1ccc(NS(=O)[O-])c(COc2ccccc2)c1. The molecule has 0 aromatic heterocycles. The van der Waals surface area contributed by atoms with E-state index in [0.717, 1.165) is 0 Å². The number of carbonyl (C=O) groups excluding carboxylic acids is 1. The van der Waals surface area contributed by atoms with E-state index in [4.69, 9.17) is 4.74 Å². The van der Waals surface area contributed by atoms with Gasteiger partial charge in [-0.3, -0.25) is 9.00 Å². The topological polar surface area (TPSA) is 78.5 Å². The van der Waals surface area contributed by atoms with Gasteiger partial charge in [0.2, 0.25) is 0 Å². The van der Waals surface area contributed by atoms with Gasteiger partial charge < -0.3 is 14.0 Å². The molecule has 0 spiro atoms. The number of para-hydroxylation sites is 1. The van der Waals surface area contributed by atoms with E-state index in [9.17, 15) is 13.6 Å². The van der Waals surface area contributed by atoms with Crippen molar-refractivity contribution in [3.63, 3.8) is 0 Å². The summed E-state index contributed by atoms with van der Waals surface area (Å²) in [5.41, 5.74) is 1.49. The van der Waals surface area contributed by atoms with E-state index in [1.165, 1.54) is 6.92 Å². The van der Waals surface area contributed by atoms with Crippen molar-refractivity contribution in [2.45, 2.75) is 13.5 Å². The third-order valence-corrected chi connectivity index (χ3v) is 3.23. The number of nitrogens with one attached hydrogen (secondary N) is 1. The van der Waals surface area contributed by atoms with Gasteiger partial charge in [-0.1, -0.05) is 18.2 Å². The molecular formula is C15H14NO4S-. The van der Waals surface area contributed by atoms with Crippen LogP contribution in [0.5, 0.6) is 5.75 Å². The maximum absolute atomic E-state index is 11.4. The van der Waals surface area contributed by atoms with Gasteiger partial charge >= 0.3 is 0 Å². The summed E-state index contributed by atoms with van der Waals surface area (Å²) in [6.07, 6.45) is 0. The van der Waals surface area contributed by atoms with E-state index in [2.05, 4.69) is 4.72 Å². The van der Waals surface area contributed by atoms with Crippen LogP contribution in [0, 0.1) is 0 Å². The maximum atomic E-state index is 11.4. The number of ether oxygens (including phenoxy) is 1. The van der Waals surface area contributed by atoms with Crippen molar-refractivity contribution in [1.82, 2.24) is 0 Å². The van der Waals surface area contributed by atoms with Crippen molar-refractivity contribution in [1.29, 1.82) is 0 Å². The molecule has 0 radical (unpaired) electrons. The first-order chi connectivity index (χ1) is 10.1. The molecule has 0 fully saturated rings. The third kappa shape index (κ3) is 4.40. The van der Waals surface area contributed by atoms with Crippen LogP contribution < -0.4 is 9.46 Å². The molecule has 2 rings (SSSR count). The maximum Gasteiger partial charge on any atom is 0.159 e. The summed E-state index contributed by atoms with van der Waals surface area (Å²) in [5.74, 6) is 0.575. The zero-order valence-electron chi connectivity index (χ0n) is 11.4. The first-order valence-electron chi connectivity index (χ1n) is 6.24. The molecule has 0 heterocycles. The van der Waals surface area contributed by atoms with E-state index >= 15 is 0 Å². The highest BCUT2D eigenvalue weighted by Crippen LogP contribution is 2.21. The molecule has 2 aromatic rings. The highest BCUT2D eigenvalue weighted by atomic mass is 32.2. The molecular weight excluding hydrogens is 290 g/mol. The van der Waals surface area contributed by atoms with Crippen molar-refractivity contribution >= 4 is 22.7 Å². The van der Waals surface area contributed by atoms with Crippen LogP contribution in [0.1, 0.15) is 22.8 Å². The highest BCUT2D eigenvalue weighted by Gasteiger charge is 2.08. The fourth-order valence-electron chi connectivity index (χ4n) is 1.80. The summed E-state index contributed by atoms with van der Waals surface area (Å²) in [6, 6.07) is 13.9. The molecule has 2 aromatic carbocycles.